The molecule has 0 aliphatic heterocycles. The number of Topliss-reactive ketones (excluding diaryl/α,β-unsaturated/α-hetero) is 1. The summed E-state index contributed by atoms with van der Waals surface area (Å²) in [5, 5.41) is 0. The molecular weight excluding hydrogens is 222 g/mol. The maximum Gasteiger partial charge on any atom is 0.159 e. The Morgan fingerprint density at radius 2 is 1.61 bits per heavy atom. The van der Waals surface area contributed by atoms with E-state index in [1.165, 1.54) is 0 Å². The third-order valence-electron chi connectivity index (χ3n) is 3.28. The van der Waals surface area contributed by atoms with E-state index in [-0.39, 0.29) is 17.2 Å². The zero-order valence-corrected chi connectivity index (χ0v) is 12.2. The standard InChI is InChI=1S/C16H25NO/c1-6-17(7-2)14(15(18)16(3,4)5)13-11-9-8-10-12-13/h8-12,14H,6-7H2,1-5H3. The van der Waals surface area contributed by atoms with Gasteiger partial charge in [-0.2, -0.15) is 0 Å². The highest BCUT2D eigenvalue weighted by atomic mass is 16.1. The summed E-state index contributed by atoms with van der Waals surface area (Å²) in [6, 6.07) is 9.97. The number of carbonyl (C=O) groups is 1. The molecule has 0 spiro atoms. The molecule has 1 atom stereocenters. The van der Waals surface area contributed by atoms with Crippen LogP contribution in [0.3, 0.4) is 0 Å². The number of nitrogens with zero attached hydrogens (tertiary/aromatic N) is 1. The van der Waals surface area contributed by atoms with Crippen molar-refractivity contribution in [2.24, 2.45) is 5.41 Å². The van der Waals surface area contributed by atoms with E-state index in [1.807, 2.05) is 51.1 Å². The first-order chi connectivity index (χ1) is 8.41. The Hall–Kier alpha value is -1.15. The van der Waals surface area contributed by atoms with Crippen molar-refractivity contribution < 1.29 is 4.79 Å². The SMILES string of the molecule is CCN(CC)C(C(=O)C(C)(C)C)c1ccccc1. The molecule has 1 aromatic rings. The van der Waals surface area contributed by atoms with Gasteiger partial charge in [0, 0.05) is 5.41 Å². The van der Waals surface area contributed by atoms with Gasteiger partial charge in [0.05, 0.1) is 6.04 Å². The Morgan fingerprint density at radius 1 is 1.11 bits per heavy atom. The number of benzene rings is 1. The molecule has 1 unspecified atom stereocenters. The molecule has 0 N–H and O–H groups in total. The highest BCUT2D eigenvalue weighted by Gasteiger charge is 2.33. The molecule has 100 valence electrons. The first kappa shape index (κ1) is 14.9. The maximum absolute atomic E-state index is 12.7. The van der Waals surface area contributed by atoms with Crippen LogP contribution in [0.15, 0.2) is 30.3 Å². The van der Waals surface area contributed by atoms with Crippen molar-refractivity contribution in [3.8, 4) is 0 Å². The van der Waals surface area contributed by atoms with Crippen molar-refractivity contribution in [3.05, 3.63) is 35.9 Å². The molecule has 0 aliphatic rings. The second-order valence-corrected chi connectivity index (χ2v) is 5.65. The van der Waals surface area contributed by atoms with Crippen molar-refractivity contribution in [3.63, 3.8) is 0 Å². The van der Waals surface area contributed by atoms with E-state index in [2.05, 4.69) is 18.7 Å². The number of hydrogen-bond donors (Lipinski definition) is 0. The number of hydrogen-bond acceptors (Lipinski definition) is 2. The van der Waals surface area contributed by atoms with Crippen molar-refractivity contribution in [2.45, 2.75) is 40.7 Å². The molecule has 0 saturated carbocycles. The van der Waals surface area contributed by atoms with Gasteiger partial charge in [-0.15, -0.1) is 0 Å². The van der Waals surface area contributed by atoms with Gasteiger partial charge in [0.1, 0.15) is 0 Å². The largest absolute Gasteiger partial charge is 0.297 e. The van der Waals surface area contributed by atoms with Crippen LogP contribution in [-0.4, -0.2) is 23.8 Å². The van der Waals surface area contributed by atoms with Crippen LogP contribution in [0, 0.1) is 5.41 Å². The Balaban J connectivity index is 3.15. The second-order valence-electron chi connectivity index (χ2n) is 5.65. The lowest BCUT2D eigenvalue weighted by Gasteiger charge is -2.33. The van der Waals surface area contributed by atoms with Gasteiger partial charge in [-0.05, 0) is 18.7 Å². The van der Waals surface area contributed by atoms with Crippen LogP contribution in [0.25, 0.3) is 0 Å². The van der Waals surface area contributed by atoms with Crippen LogP contribution in [-0.2, 0) is 4.79 Å². The van der Waals surface area contributed by atoms with E-state index in [0.29, 0.717) is 0 Å². The topological polar surface area (TPSA) is 20.3 Å². The monoisotopic (exact) mass is 247 g/mol. The Labute approximate surface area is 111 Å². The third kappa shape index (κ3) is 3.42. The number of ketones is 1. The Kier molecular flexibility index (Phi) is 5.09. The fraction of sp³-hybridized carbons (Fsp3) is 0.562. The van der Waals surface area contributed by atoms with Gasteiger partial charge in [0.2, 0.25) is 0 Å². The van der Waals surface area contributed by atoms with E-state index < -0.39 is 0 Å². The fourth-order valence-corrected chi connectivity index (χ4v) is 2.16. The molecule has 0 saturated heterocycles. The minimum Gasteiger partial charge on any atom is -0.297 e. The summed E-state index contributed by atoms with van der Waals surface area (Å²) < 4.78 is 0. The van der Waals surface area contributed by atoms with Gasteiger partial charge in [-0.1, -0.05) is 65.0 Å². The van der Waals surface area contributed by atoms with E-state index in [0.717, 1.165) is 18.7 Å². The Morgan fingerprint density at radius 3 is 2.00 bits per heavy atom. The summed E-state index contributed by atoms with van der Waals surface area (Å²) in [4.78, 5) is 14.9. The normalized spacial score (nSPS) is 13.7. The van der Waals surface area contributed by atoms with Gasteiger partial charge in [0.15, 0.2) is 5.78 Å². The molecule has 1 rings (SSSR count). The van der Waals surface area contributed by atoms with Crippen LogP contribution >= 0.6 is 0 Å². The van der Waals surface area contributed by atoms with Crippen molar-refractivity contribution in [1.29, 1.82) is 0 Å². The average molecular weight is 247 g/mol. The average Bonchev–Trinajstić information content (AvgIpc) is 2.35. The molecule has 2 nitrogen and oxygen atoms in total. The van der Waals surface area contributed by atoms with E-state index in [9.17, 15) is 4.79 Å². The van der Waals surface area contributed by atoms with Crippen LogP contribution in [0.1, 0.15) is 46.2 Å². The predicted octanol–water partition coefficient (Wildman–Crippen LogP) is 3.68. The smallest absolute Gasteiger partial charge is 0.159 e. The second kappa shape index (κ2) is 6.14. The van der Waals surface area contributed by atoms with Crippen LogP contribution in [0.2, 0.25) is 0 Å². The molecule has 2 heteroatoms. The molecule has 0 fully saturated rings. The van der Waals surface area contributed by atoms with E-state index >= 15 is 0 Å². The van der Waals surface area contributed by atoms with Gasteiger partial charge < -0.3 is 0 Å². The zero-order valence-electron chi connectivity index (χ0n) is 12.2. The van der Waals surface area contributed by atoms with Crippen molar-refractivity contribution in [2.75, 3.05) is 13.1 Å². The molecule has 0 aliphatic carbocycles. The lowest BCUT2D eigenvalue weighted by Crippen LogP contribution is -2.39. The number of likely N-dealkylation sites (N-methyl/N-ethyl adjacent to an activating group) is 1. The lowest BCUT2D eigenvalue weighted by atomic mass is 9.83. The van der Waals surface area contributed by atoms with E-state index in [1.54, 1.807) is 0 Å². The molecule has 0 aromatic heterocycles. The predicted molar refractivity (Wildman–Crippen MR) is 76.6 cm³/mol. The lowest BCUT2D eigenvalue weighted by molar-refractivity contribution is -0.132. The highest BCUT2D eigenvalue weighted by molar-refractivity contribution is 5.89. The van der Waals surface area contributed by atoms with Crippen molar-refractivity contribution in [1.82, 2.24) is 4.90 Å². The molecule has 0 heterocycles. The molecule has 0 bridgehead atoms. The van der Waals surface area contributed by atoms with Crippen molar-refractivity contribution >= 4 is 5.78 Å². The summed E-state index contributed by atoms with van der Waals surface area (Å²) >= 11 is 0. The molecule has 0 amide bonds. The quantitative estimate of drug-likeness (QED) is 0.791. The molecular formula is C16H25NO. The van der Waals surface area contributed by atoms with Gasteiger partial charge in [-0.3, -0.25) is 9.69 Å². The molecule has 1 aromatic carbocycles. The minimum atomic E-state index is -0.316. The zero-order chi connectivity index (χ0) is 13.8. The van der Waals surface area contributed by atoms with Crippen LogP contribution in [0.4, 0.5) is 0 Å². The Bertz CT molecular complexity index is 374. The summed E-state index contributed by atoms with van der Waals surface area (Å²) in [6.45, 7) is 12.0. The summed E-state index contributed by atoms with van der Waals surface area (Å²) in [5.74, 6) is 0.289. The molecule has 0 radical (unpaired) electrons. The van der Waals surface area contributed by atoms with Gasteiger partial charge in [0.25, 0.3) is 0 Å². The highest BCUT2D eigenvalue weighted by Crippen LogP contribution is 2.30. The van der Waals surface area contributed by atoms with Gasteiger partial charge >= 0.3 is 0 Å². The first-order valence-corrected chi connectivity index (χ1v) is 6.75. The van der Waals surface area contributed by atoms with Gasteiger partial charge in [-0.25, -0.2) is 0 Å². The first-order valence-electron chi connectivity index (χ1n) is 6.75. The van der Waals surface area contributed by atoms with E-state index in [4.69, 9.17) is 0 Å². The summed E-state index contributed by atoms with van der Waals surface area (Å²) in [5.41, 5.74) is 0.782. The molecule has 18 heavy (non-hydrogen) atoms. The maximum atomic E-state index is 12.7. The number of rotatable bonds is 5. The summed E-state index contributed by atoms with van der Waals surface area (Å²) in [6.07, 6.45) is 0. The van der Waals surface area contributed by atoms with Crippen LogP contribution < -0.4 is 0 Å². The number of carbonyl (C=O) groups excluding carboxylic acids is 1. The van der Waals surface area contributed by atoms with Crippen LogP contribution in [0.5, 0.6) is 0 Å². The third-order valence-corrected chi connectivity index (χ3v) is 3.28. The minimum absolute atomic E-state index is 0.124. The summed E-state index contributed by atoms with van der Waals surface area (Å²) in [7, 11) is 0. The fourth-order valence-electron chi connectivity index (χ4n) is 2.16.